The van der Waals surface area contributed by atoms with Crippen LogP contribution in [0.4, 0.5) is 0 Å². The molecule has 0 unspecified atom stereocenters. The zero-order valence-corrected chi connectivity index (χ0v) is 14.4. The molecule has 0 atom stereocenters. The number of rotatable bonds is 5. The molecule has 5 heteroatoms. The number of fused-ring (bicyclic) bond motifs is 1. The highest BCUT2D eigenvalue weighted by Gasteiger charge is 2.09. The van der Waals surface area contributed by atoms with E-state index in [1.54, 1.807) is 11.0 Å². The second-order valence-electron chi connectivity index (χ2n) is 5.74. The predicted molar refractivity (Wildman–Crippen MR) is 104 cm³/mol. The predicted octanol–water partition coefficient (Wildman–Crippen LogP) is 4.38. The molecule has 0 bridgehead atoms. The fourth-order valence-electron chi connectivity index (χ4n) is 2.90. The van der Waals surface area contributed by atoms with E-state index in [2.05, 4.69) is 33.5 Å². The van der Waals surface area contributed by atoms with Crippen LogP contribution in [0.5, 0.6) is 5.75 Å². The summed E-state index contributed by atoms with van der Waals surface area (Å²) >= 11 is 0. The van der Waals surface area contributed by atoms with Crippen molar-refractivity contribution in [2.75, 3.05) is 6.61 Å². The molecule has 0 amide bonds. The quantitative estimate of drug-likeness (QED) is 0.506. The normalized spacial score (nSPS) is 11.3. The highest BCUT2D eigenvalue weighted by atomic mass is 16.5. The summed E-state index contributed by atoms with van der Waals surface area (Å²) in [6.45, 7) is 2.57. The number of nitrogens with zero attached hydrogens (tertiary/aromatic N) is 4. The Morgan fingerprint density at radius 3 is 2.65 bits per heavy atom. The third kappa shape index (κ3) is 3.07. The van der Waals surface area contributed by atoms with Crippen molar-refractivity contribution in [3.63, 3.8) is 0 Å². The minimum Gasteiger partial charge on any atom is -0.493 e. The molecule has 0 N–H and O–H groups in total. The van der Waals surface area contributed by atoms with Gasteiger partial charge in [0.1, 0.15) is 12.1 Å². The van der Waals surface area contributed by atoms with Gasteiger partial charge in [0.25, 0.3) is 0 Å². The standard InChI is InChI=1S/C21H18N4O/c1-2-26-20-13-12-16-8-6-7-11-18(16)19(20)14-23-25-15-22-24-21(25)17-9-4-3-5-10-17/h3-15H,2H2,1H3/b23-14-. The van der Waals surface area contributed by atoms with Crippen molar-refractivity contribution in [1.29, 1.82) is 0 Å². The Bertz CT molecular complexity index is 1050. The molecule has 1 heterocycles. The average molecular weight is 342 g/mol. The number of benzene rings is 3. The lowest BCUT2D eigenvalue weighted by atomic mass is 10.0. The Morgan fingerprint density at radius 2 is 1.81 bits per heavy atom. The van der Waals surface area contributed by atoms with Crippen LogP contribution < -0.4 is 4.74 Å². The van der Waals surface area contributed by atoms with Gasteiger partial charge < -0.3 is 4.74 Å². The topological polar surface area (TPSA) is 52.3 Å². The van der Waals surface area contributed by atoms with Gasteiger partial charge in [0.2, 0.25) is 0 Å². The van der Waals surface area contributed by atoms with Crippen LogP contribution in [0.15, 0.2) is 78.2 Å². The van der Waals surface area contributed by atoms with Gasteiger partial charge >= 0.3 is 0 Å². The van der Waals surface area contributed by atoms with E-state index in [1.807, 2.05) is 61.7 Å². The smallest absolute Gasteiger partial charge is 0.184 e. The lowest BCUT2D eigenvalue weighted by Crippen LogP contribution is -1.99. The summed E-state index contributed by atoms with van der Waals surface area (Å²) in [5.74, 6) is 1.50. The average Bonchev–Trinajstić information content (AvgIpc) is 3.16. The van der Waals surface area contributed by atoms with Gasteiger partial charge in [-0.15, -0.1) is 10.2 Å². The Hall–Kier alpha value is -3.47. The van der Waals surface area contributed by atoms with E-state index < -0.39 is 0 Å². The van der Waals surface area contributed by atoms with Gasteiger partial charge in [-0.3, -0.25) is 0 Å². The van der Waals surface area contributed by atoms with E-state index in [1.165, 1.54) is 0 Å². The largest absolute Gasteiger partial charge is 0.493 e. The second kappa shape index (κ2) is 7.19. The molecule has 0 saturated heterocycles. The number of hydrogen-bond donors (Lipinski definition) is 0. The van der Waals surface area contributed by atoms with E-state index in [-0.39, 0.29) is 0 Å². The zero-order chi connectivity index (χ0) is 17.8. The second-order valence-corrected chi connectivity index (χ2v) is 5.74. The summed E-state index contributed by atoms with van der Waals surface area (Å²) in [7, 11) is 0. The van der Waals surface area contributed by atoms with Crippen LogP contribution in [-0.2, 0) is 0 Å². The molecule has 4 rings (SSSR count). The molecule has 5 nitrogen and oxygen atoms in total. The molecule has 0 saturated carbocycles. The first-order chi connectivity index (χ1) is 12.9. The maximum absolute atomic E-state index is 5.80. The van der Waals surface area contributed by atoms with Crippen molar-refractivity contribution < 1.29 is 4.74 Å². The first-order valence-electron chi connectivity index (χ1n) is 8.51. The van der Waals surface area contributed by atoms with Crippen LogP contribution in [0.2, 0.25) is 0 Å². The van der Waals surface area contributed by atoms with Crippen molar-refractivity contribution in [3.05, 3.63) is 78.6 Å². The lowest BCUT2D eigenvalue weighted by Gasteiger charge is -2.10. The van der Waals surface area contributed by atoms with E-state index in [9.17, 15) is 0 Å². The van der Waals surface area contributed by atoms with E-state index in [4.69, 9.17) is 4.74 Å². The molecule has 0 radical (unpaired) electrons. The highest BCUT2D eigenvalue weighted by molar-refractivity contribution is 6.02. The maximum Gasteiger partial charge on any atom is 0.184 e. The molecule has 128 valence electrons. The van der Waals surface area contributed by atoms with Gasteiger partial charge in [0.05, 0.1) is 12.8 Å². The third-order valence-corrected chi connectivity index (χ3v) is 4.10. The van der Waals surface area contributed by atoms with Crippen LogP contribution in [0.1, 0.15) is 12.5 Å². The van der Waals surface area contributed by atoms with Gasteiger partial charge in [-0.25, -0.2) is 0 Å². The highest BCUT2D eigenvalue weighted by Crippen LogP contribution is 2.27. The third-order valence-electron chi connectivity index (χ3n) is 4.10. The van der Waals surface area contributed by atoms with Crippen molar-refractivity contribution in [3.8, 4) is 17.1 Å². The first-order valence-corrected chi connectivity index (χ1v) is 8.51. The summed E-state index contributed by atoms with van der Waals surface area (Å²) in [5, 5.41) is 15.0. The fraction of sp³-hybridized carbons (Fsp3) is 0.0952. The first kappa shape index (κ1) is 16.0. The van der Waals surface area contributed by atoms with Gasteiger partial charge in [-0.2, -0.15) is 9.78 Å². The van der Waals surface area contributed by atoms with Crippen LogP contribution in [0, 0.1) is 0 Å². The van der Waals surface area contributed by atoms with Crippen LogP contribution in [0.25, 0.3) is 22.2 Å². The van der Waals surface area contributed by atoms with Crippen LogP contribution in [0.3, 0.4) is 0 Å². The Morgan fingerprint density at radius 1 is 1.00 bits per heavy atom. The van der Waals surface area contributed by atoms with Crippen molar-refractivity contribution in [1.82, 2.24) is 14.9 Å². The summed E-state index contributed by atoms with van der Waals surface area (Å²) in [4.78, 5) is 0. The molecular formula is C21H18N4O. The molecule has 4 aromatic rings. The fourth-order valence-corrected chi connectivity index (χ4v) is 2.90. The summed E-state index contributed by atoms with van der Waals surface area (Å²) < 4.78 is 7.47. The molecule has 0 aliphatic heterocycles. The lowest BCUT2D eigenvalue weighted by molar-refractivity contribution is 0.340. The van der Waals surface area contributed by atoms with Crippen molar-refractivity contribution in [2.24, 2.45) is 5.10 Å². The molecule has 0 aliphatic carbocycles. The molecule has 26 heavy (non-hydrogen) atoms. The number of ether oxygens (including phenoxy) is 1. The van der Waals surface area contributed by atoms with E-state index in [0.29, 0.717) is 12.4 Å². The number of hydrogen-bond acceptors (Lipinski definition) is 4. The molecule has 0 aliphatic rings. The number of aromatic nitrogens is 3. The van der Waals surface area contributed by atoms with Crippen molar-refractivity contribution >= 4 is 17.0 Å². The maximum atomic E-state index is 5.80. The minimum absolute atomic E-state index is 0.598. The zero-order valence-electron chi connectivity index (χ0n) is 14.4. The summed E-state index contributed by atoms with van der Waals surface area (Å²) in [6.07, 6.45) is 3.41. The SMILES string of the molecule is CCOc1ccc2ccccc2c1/C=N\n1cnnc1-c1ccccc1. The van der Waals surface area contributed by atoms with Crippen LogP contribution in [-0.4, -0.2) is 27.7 Å². The van der Waals surface area contributed by atoms with Crippen LogP contribution >= 0.6 is 0 Å². The van der Waals surface area contributed by atoms with Gasteiger partial charge in [-0.05, 0) is 23.8 Å². The van der Waals surface area contributed by atoms with Crippen molar-refractivity contribution in [2.45, 2.75) is 6.92 Å². The van der Waals surface area contributed by atoms with Gasteiger partial charge in [0, 0.05) is 11.1 Å². The van der Waals surface area contributed by atoms with E-state index in [0.717, 1.165) is 27.6 Å². The minimum atomic E-state index is 0.598. The molecule has 0 spiro atoms. The molecule has 0 fully saturated rings. The summed E-state index contributed by atoms with van der Waals surface area (Å²) in [5.41, 5.74) is 1.91. The Kier molecular flexibility index (Phi) is 4.43. The molecular weight excluding hydrogens is 324 g/mol. The monoisotopic (exact) mass is 342 g/mol. The van der Waals surface area contributed by atoms with E-state index >= 15 is 0 Å². The summed E-state index contributed by atoms with van der Waals surface area (Å²) in [6, 6.07) is 22.1. The molecule has 3 aromatic carbocycles. The Balaban J connectivity index is 1.79. The Labute approximate surface area is 151 Å². The van der Waals surface area contributed by atoms with Gasteiger partial charge in [-0.1, -0.05) is 60.7 Å². The van der Waals surface area contributed by atoms with Gasteiger partial charge in [0.15, 0.2) is 5.82 Å². The molecule has 1 aromatic heterocycles.